The number of phenols is 1. The Kier molecular flexibility index (Phi) is 4.28. The maximum Gasteiger partial charge on any atom is 0.233 e. The van der Waals surface area contributed by atoms with Crippen LogP contribution in [-0.4, -0.2) is 16.1 Å². The van der Waals surface area contributed by atoms with Crippen LogP contribution in [0.5, 0.6) is 5.75 Å². The van der Waals surface area contributed by atoms with Gasteiger partial charge in [-0.1, -0.05) is 24.3 Å². The molecule has 1 aliphatic heterocycles. The molecule has 0 radical (unpaired) electrons. The summed E-state index contributed by atoms with van der Waals surface area (Å²) in [5.41, 5.74) is 0.735. The number of aliphatic hydroxyl groups excluding tert-OH is 1. The van der Waals surface area contributed by atoms with E-state index < -0.39 is 59.8 Å². The number of aliphatic hydroxyl groups is 1. The standard InChI is InChI=1S/C24H21F2NO3/c25-17-5-1-15(2-6-17)22(29)14-13-21-23(16-3-11-20(28)12-4-16)27(24(21)30)19-9-7-18(26)8-10-19/h1-12,21-23,28-29H,13-14H2/t21-,22+,23-/m1/s1/i7D,8D,9D,10D. The number of hydrogen-bond donors (Lipinski definition) is 2. The van der Waals surface area contributed by atoms with E-state index in [4.69, 9.17) is 5.48 Å². The smallest absolute Gasteiger partial charge is 0.233 e. The van der Waals surface area contributed by atoms with E-state index in [9.17, 15) is 23.8 Å². The zero-order valence-electron chi connectivity index (χ0n) is 19.8. The Morgan fingerprint density at radius 1 is 0.967 bits per heavy atom. The highest BCUT2D eigenvalue weighted by Crippen LogP contribution is 2.46. The molecule has 0 unspecified atom stereocenters. The van der Waals surface area contributed by atoms with Crippen molar-refractivity contribution in [3.63, 3.8) is 0 Å². The molecule has 0 saturated carbocycles. The van der Waals surface area contributed by atoms with Crippen LogP contribution in [0.25, 0.3) is 0 Å². The Hall–Kier alpha value is -3.25. The van der Waals surface area contributed by atoms with Crippen LogP contribution in [0.1, 0.15) is 41.6 Å². The molecule has 154 valence electrons. The zero-order chi connectivity index (χ0) is 24.7. The summed E-state index contributed by atoms with van der Waals surface area (Å²) in [5, 5.41) is 20.2. The molecule has 0 bridgehead atoms. The van der Waals surface area contributed by atoms with Gasteiger partial charge in [-0.25, -0.2) is 8.78 Å². The molecule has 3 aromatic carbocycles. The van der Waals surface area contributed by atoms with Gasteiger partial charge in [0, 0.05) is 5.69 Å². The first-order valence-corrected chi connectivity index (χ1v) is 9.43. The summed E-state index contributed by atoms with van der Waals surface area (Å²) in [4.78, 5) is 14.3. The number of anilines is 1. The molecule has 0 spiro atoms. The van der Waals surface area contributed by atoms with E-state index in [0.717, 1.165) is 4.90 Å². The molecule has 4 rings (SSSR count). The van der Waals surface area contributed by atoms with Crippen molar-refractivity contribution in [1.29, 1.82) is 0 Å². The second kappa shape index (κ2) is 8.24. The molecule has 30 heavy (non-hydrogen) atoms. The predicted molar refractivity (Wildman–Crippen MR) is 109 cm³/mol. The summed E-state index contributed by atoms with van der Waals surface area (Å²) in [7, 11) is 0. The fraction of sp³-hybridized carbons (Fsp3) is 0.208. The van der Waals surface area contributed by atoms with Crippen molar-refractivity contribution < 1.29 is 29.3 Å². The number of rotatable bonds is 6. The van der Waals surface area contributed by atoms with Gasteiger partial charge in [0.2, 0.25) is 5.91 Å². The van der Waals surface area contributed by atoms with Crippen molar-refractivity contribution in [3.8, 4) is 5.75 Å². The van der Waals surface area contributed by atoms with E-state index in [2.05, 4.69) is 0 Å². The summed E-state index contributed by atoms with van der Waals surface area (Å²) in [5.74, 6) is -2.90. The first-order chi connectivity index (χ1) is 16.1. The number of carbonyl (C=O) groups is 1. The number of nitrogens with zero attached hydrogens (tertiary/aromatic N) is 1. The third-order valence-electron chi connectivity index (χ3n) is 5.28. The monoisotopic (exact) mass is 413 g/mol. The van der Waals surface area contributed by atoms with Crippen LogP contribution >= 0.6 is 0 Å². The number of benzene rings is 3. The quantitative estimate of drug-likeness (QED) is 0.566. The molecule has 0 aromatic heterocycles. The molecule has 1 fully saturated rings. The second-order valence-electron chi connectivity index (χ2n) is 7.16. The normalized spacial score (nSPS) is 21.3. The summed E-state index contributed by atoms with van der Waals surface area (Å²) in [6, 6.07) is 7.55. The molecule has 1 saturated heterocycles. The number of hydrogen-bond acceptors (Lipinski definition) is 3. The van der Waals surface area contributed by atoms with Gasteiger partial charge in [-0.3, -0.25) is 4.79 Å². The van der Waals surface area contributed by atoms with Crippen LogP contribution in [-0.2, 0) is 4.79 Å². The van der Waals surface area contributed by atoms with Crippen molar-refractivity contribution in [1.82, 2.24) is 0 Å². The molecular weight excluding hydrogens is 388 g/mol. The van der Waals surface area contributed by atoms with E-state index in [-0.39, 0.29) is 24.3 Å². The average Bonchev–Trinajstić information content (AvgIpc) is 2.83. The lowest BCUT2D eigenvalue weighted by Gasteiger charge is -2.48. The molecule has 1 aliphatic rings. The predicted octanol–water partition coefficient (Wildman–Crippen LogP) is 4.89. The fourth-order valence-electron chi connectivity index (χ4n) is 3.73. The van der Waals surface area contributed by atoms with Crippen LogP contribution in [0.3, 0.4) is 0 Å². The van der Waals surface area contributed by atoms with Gasteiger partial charge in [0.25, 0.3) is 0 Å². The molecule has 1 amide bonds. The first-order valence-electron chi connectivity index (χ1n) is 11.4. The number of aromatic hydroxyl groups is 1. The topological polar surface area (TPSA) is 60.8 Å². The lowest BCUT2D eigenvalue weighted by Crippen LogP contribution is -2.55. The van der Waals surface area contributed by atoms with Gasteiger partial charge in [-0.05, 0) is 72.4 Å². The number of carbonyl (C=O) groups excluding carboxylic acids is 1. The van der Waals surface area contributed by atoms with Crippen LogP contribution in [0.4, 0.5) is 14.5 Å². The van der Waals surface area contributed by atoms with Crippen LogP contribution in [0.15, 0.2) is 72.7 Å². The fourth-order valence-corrected chi connectivity index (χ4v) is 3.73. The second-order valence-corrected chi connectivity index (χ2v) is 7.16. The Morgan fingerprint density at radius 2 is 1.60 bits per heavy atom. The molecule has 4 nitrogen and oxygen atoms in total. The number of β-lactam (4-membered cyclic amide) rings is 1. The van der Waals surface area contributed by atoms with Crippen molar-refractivity contribution in [2.75, 3.05) is 4.90 Å². The third-order valence-corrected chi connectivity index (χ3v) is 5.28. The molecule has 1 heterocycles. The van der Waals surface area contributed by atoms with Gasteiger partial charge in [0.15, 0.2) is 0 Å². The van der Waals surface area contributed by atoms with E-state index in [1.807, 2.05) is 0 Å². The summed E-state index contributed by atoms with van der Waals surface area (Å²) in [6.07, 6.45) is -0.572. The van der Waals surface area contributed by atoms with Crippen LogP contribution < -0.4 is 4.90 Å². The van der Waals surface area contributed by atoms with Crippen molar-refractivity contribution in [3.05, 3.63) is 95.5 Å². The van der Waals surface area contributed by atoms with Gasteiger partial charge in [-0.15, -0.1) is 0 Å². The van der Waals surface area contributed by atoms with Gasteiger partial charge >= 0.3 is 0 Å². The van der Waals surface area contributed by atoms with E-state index in [0.29, 0.717) is 11.1 Å². The Morgan fingerprint density at radius 3 is 2.23 bits per heavy atom. The molecule has 2 N–H and O–H groups in total. The van der Waals surface area contributed by atoms with E-state index in [1.165, 1.54) is 36.4 Å². The Balaban J connectivity index is 1.67. The van der Waals surface area contributed by atoms with Crippen LogP contribution in [0, 0.1) is 17.6 Å². The minimum Gasteiger partial charge on any atom is -0.508 e. The van der Waals surface area contributed by atoms with Gasteiger partial charge in [-0.2, -0.15) is 0 Å². The van der Waals surface area contributed by atoms with E-state index in [1.54, 1.807) is 12.1 Å². The van der Waals surface area contributed by atoms with E-state index >= 15 is 0 Å². The minimum atomic E-state index is -1.30. The van der Waals surface area contributed by atoms with Crippen molar-refractivity contribution in [2.45, 2.75) is 25.0 Å². The first kappa shape index (κ1) is 15.6. The summed E-state index contributed by atoms with van der Waals surface area (Å²) in [6.45, 7) is 0. The SMILES string of the molecule is [2H]c1c([2H])c(N2C(=O)[C@H](CC[C@H](O)c3ccc(F)cc3)[C@H]2c2ccc(O)cc2)c([2H])c([2H])c1F. The number of amides is 1. The number of phenolic OH excluding ortho intramolecular Hbond substituents is 1. The van der Waals surface area contributed by atoms with Gasteiger partial charge in [0.1, 0.15) is 17.4 Å². The third kappa shape index (κ3) is 3.91. The highest BCUT2D eigenvalue weighted by atomic mass is 19.1. The highest BCUT2D eigenvalue weighted by molar-refractivity contribution is 6.03. The summed E-state index contributed by atoms with van der Waals surface area (Å²) < 4.78 is 59.1. The Bertz CT molecular complexity index is 1210. The Labute approximate surface area is 178 Å². The molecule has 6 heteroatoms. The molecule has 3 aromatic rings. The zero-order valence-corrected chi connectivity index (χ0v) is 15.8. The van der Waals surface area contributed by atoms with Crippen molar-refractivity contribution >= 4 is 11.6 Å². The lowest BCUT2D eigenvalue weighted by atomic mass is 9.78. The van der Waals surface area contributed by atoms with Gasteiger partial charge in [0.05, 0.1) is 23.5 Å². The lowest BCUT2D eigenvalue weighted by molar-refractivity contribution is -0.131. The molecule has 3 atom stereocenters. The number of halogens is 2. The average molecular weight is 413 g/mol. The van der Waals surface area contributed by atoms with Gasteiger partial charge < -0.3 is 15.1 Å². The van der Waals surface area contributed by atoms with Crippen molar-refractivity contribution in [2.24, 2.45) is 5.92 Å². The molecule has 0 aliphatic carbocycles. The molecular formula is C24H21F2NO3. The summed E-state index contributed by atoms with van der Waals surface area (Å²) >= 11 is 0. The minimum absolute atomic E-state index is 0.00438. The maximum absolute atomic E-state index is 14.1. The maximum atomic E-state index is 14.1. The largest absolute Gasteiger partial charge is 0.508 e. The van der Waals surface area contributed by atoms with Crippen LogP contribution in [0.2, 0.25) is 0 Å². The highest BCUT2D eigenvalue weighted by Gasteiger charge is 2.48.